The molecule has 1 amide bonds. The van der Waals surface area contributed by atoms with Crippen LogP contribution < -0.4 is 10.6 Å². The summed E-state index contributed by atoms with van der Waals surface area (Å²) in [7, 11) is 0. The molecule has 3 nitrogen and oxygen atoms in total. The molecule has 17 heavy (non-hydrogen) atoms. The van der Waals surface area contributed by atoms with Gasteiger partial charge in [0.05, 0.1) is 0 Å². The van der Waals surface area contributed by atoms with Crippen LogP contribution in [0.25, 0.3) is 0 Å². The average Bonchev–Trinajstić information content (AvgIpc) is 2.24. The van der Waals surface area contributed by atoms with Crippen LogP contribution in [0.4, 0.5) is 0 Å². The Morgan fingerprint density at radius 1 is 1.47 bits per heavy atom. The second-order valence-corrected chi connectivity index (χ2v) is 6.34. The van der Waals surface area contributed by atoms with Crippen molar-refractivity contribution in [1.82, 2.24) is 10.6 Å². The van der Waals surface area contributed by atoms with Gasteiger partial charge < -0.3 is 10.6 Å². The van der Waals surface area contributed by atoms with Crippen LogP contribution in [0, 0.1) is 11.3 Å². The van der Waals surface area contributed by atoms with Gasteiger partial charge in [0.15, 0.2) is 0 Å². The maximum atomic E-state index is 11.7. The van der Waals surface area contributed by atoms with Gasteiger partial charge in [0.25, 0.3) is 0 Å². The molecule has 1 aliphatic rings. The van der Waals surface area contributed by atoms with Crippen LogP contribution in [0.3, 0.4) is 0 Å². The highest BCUT2D eigenvalue weighted by Gasteiger charge is 2.31. The first kappa shape index (κ1) is 14.5. The molecule has 0 radical (unpaired) electrons. The monoisotopic (exact) mass is 240 g/mol. The Balaban J connectivity index is 2.27. The van der Waals surface area contributed by atoms with Gasteiger partial charge in [0.2, 0.25) is 5.91 Å². The third-order valence-corrected chi connectivity index (χ3v) is 3.78. The lowest BCUT2D eigenvalue weighted by Gasteiger charge is -2.39. The Morgan fingerprint density at radius 2 is 2.18 bits per heavy atom. The second-order valence-electron chi connectivity index (χ2n) is 6.34. The first-order chi connectivity index (χ1) is 7.92. The smallest absolute Gasteiger partial charge is 0.220 e. The molecule has 100 valence electrons. The molecule has 0 spiro atoms. The number of rotatable bonds is 5. The van der Waals surface area contributed by atoms with E-state index in [1.807, 2.05) is 0 Å². The van der Waals surface area contributed by atoms with Gasteiger partial charge in [0.1, 0.15) is 0 Å². The van der Waals surface area contributed by atoms with Gasteiger partial charge >= 0.3 is 0 Å². The van der Waals surface area contributed by atoms with Crippen LogP contribution >= 0.6 is 0 Å². The van der Waals surface area contributed by atoms with E-state index in [-0.39, 0.29) is 5.91 Å². The minimum Gasteiger partial charge on any atom is -0.355 e. The summed E-state index contributed by atoms with van der Waals surface area (Å²) in [5, 5.41) is 6.58. The number of hydrogen-bond acceptors (Lipinski definition) is 2. The molecule has 1 saturated heterocycles. The lowest BCUT2D eigenvalue weighted by molar-refractivity contribution is -0.121. The van der Waals surface area contributed by atoms with E-state index >= 15 is 0 Å². The van der Waals surface area contributed by atoms with Crippen LogP contribution in [0.15, 0.2) is 0 Å². The van der Waals surface area contributed by atoms with Crippen molar-refractivity contribution in [1.29, 1.82) is 0 Å². The quantitative estimate of drug-likeness (QED) is 0.774. The molecule has 0 bridgehead atoms. The van der Waals surface area contributed by atoms with Crippen molar-refractivity contribution in [3.05, 3.63) is 0 Å². The Kier molecular flexibility index (Phi) is 5.44. The molecule has 0 aliphatic carbocycles. The molecule has 1 aliphatic heterocycles. The number of amides is 1. The molecule has 2 N–H and O–H groups in total. The maximum absolute atomic E-state index is 11.7. The topological polar surface area (TPSA) is 41.1 Å². The summed E-state index contributed by atoms with van der Waals surface area (Å²) in [6, 6.07) is 0.416. The summed E-state index contributed by atoms with van der Waals surface area (Å²) >= 11 is 0. The number of hydrogen-bond donors (Lipinski definition) is 2. The van der Waals surface area contributed by atoms with Crippen molar-refractivity contribution in [2.24, 2.45) is 11.3 Å². The predicted molar refractivity (Wildman–Crippen MR) is 71.9 cm³/mol. The summed E-state index contributed by atoms with van der Waals surface area (Å²) in [5.41, 5.74) is 0.295. The number of nitrogens with one attached hydrogen (secondary N) is 2. The molecule has 1 rings (SSSR count). The molecule has 1 heterocycles. The summed E-state index contributed by atoms with van der Waals surface area (Å²) < 4.78 is 0. The fraction of sp³-hybridized carbons (Fsp3) is 0.929. The Morgan fingerprint density at radius 3 is 2.76 bits per heavy atom. The first-order valence-corrected chi connectivity index (χ1v) is 6.92. The number of piperidine rings is 1. The normalized spacial score (nSPS) is 23.7. The summed E-state index contributed by atoms with van der Waals surface area (Å²) in [6.45, 7) is 10.7. The number of carbonyl (C=O) groups excluding carboxylic acids is 1. The summed E-state index contributed by atoms with van der Waals surface area (Å²) in [4.78, 5) is 11.7. The van der Waals surface area contributed by atoms with Crippen LogP contribution in [-0.2, 0) is 4.79 Å². The van der Waals surface area contributed by atoms with E-state index in [1.165, 1.54) is 12.8 Å². The zero-order valence-corrected chi connectivity index (χ0v) is 11.8. The molecule has 0 aromatic heterocycles. The average molecular weight is 240 g/mol. The molecule has 0 saturated carbocycles. The van der Waals surface area contributed by atoms with E-state index in [2.05, 4.69) is 38.3 Å². The van der Waals surface area contributed by atoms with Crippen molar-refractivity contribution >= 4 is 5.91 Å². The van der Waals surface area contributed by atoms with E-state index in [9.17, 15) is 4.79 Å². The van der Waals surface area contributed by atoms with E-state index < -0.39 is 0 Å². The van der Waals surface area contributed by atoms with Gasteiger partial charge in [-0.3, -0.25) is 4.79 Å². The Hall–Kier alpha value is -0.570. The second kappa shape index (κ2) is 6.39. The van der Waals surface area contributed by atoms with Gasteiger partial charge in [-0.05, 0) is 37.1 Å². The van der Waals surface area contributed by atoms with Gasteiger partial charge in [-0.1, -0.05) is 27.7 Å². The molecule has 1 atom stereocenters. The first-order valence-electron chi connectivity index (χ1n) is 6.92. The third kappa shape index (κ3) is 5.07. The van der Waals surface area contributed by atoms with Gasteiger partial charge in [-0.25, -0.2) is 0 Å². The van der Waals surface area contributed by atoms with Crippen LogP contribution in [0.5, 0.6) is 0 Å². The zero-order valence-electron chi connectivity index (χ0n) is 11.8. The minimum atomic E-state index is 0.196. The van der Waals surface area contributed by atoms with Crippen molar-refractivity contribution in [3.8, 4) is 0 Å². The van der Waals surface area contributed by atoms with Gasteiger partial charge in [-0.2, -0.15) is 0 Å². The molecule has 0 aromatic carbocycles. The molecule has 0 aromatic rings. The summed E-state index contributed by atoms with van der Waals surface area (Å²) in [6.07, 6.45) is 4.12. The third-order valence-electron chi connectivity index (χ3n) is 3.78. The Bertz CT molecular complexity index is 249. The van der Waals surface area contributed by atoms with Crippen LogP contribution in [0.2, 0.25) is 0 Å². The molecule has 1 fully saturated rings. The van der Waals surface area contributed by atoms with Crippen molar-refractivity contribution < 1.29 is 4.79 Å². The highest BCUT2D eigenvalue weighted by molar-refractivity contribution is 5.75. The van der Waals surface area contributed by atoms with Crippen molar-refractivity contribution in [3.63, 3.8) is 0 Å². The van der Waals surface area contributed by atoms with Gasteiger partial charge in [-0.15, -0.1) is 0 Å². The standard InChI is InChI=1S/C14H28N2O/c1-11(2)6-7-13(17)16-10-12-14(3,4)8-5-9-15-12/h11-12,15H,5-10H2,1-4H3,(H,16,17). The van der Waals surface area contributed by atoms with E-state index in [1.54, 1.807) is 0 Å². The lowest BCUT2D eigenvalue weighted by Crippen LogP contribution is -2.52. The fourth-order valence-electron chi connectivity index (χ4n) is 2.34. The summed E-state index contributed by atoms with van der Waals surface area (Å²) in [5.74, 6) is 0.798. The van der Waals surface area contributed by atoms with Crippen molar-refractivity contribution in [2.75, 3.05) is 13.1 Å². The highest BCUT2D eigenvalue weighted by Crippen LogP contribution is 2.29. The predicted octanol–water partition coefficient (Wildman–Crippen LogP) is 2.32. The van der Waals surface area contributed by atoms with E-state index in [0.717, 1.165) is 19.5 Å². The minimum absolute atomic E-state index is 0.196. The maximum Gasteiger partial charge on any atom is 0.220 e. The lowest BCUT2D eigenvalue weighted by atomic mass is 9.77. The SMILES string of the molecule is CC(C)CCC(=O)NCC1NCCCC1(C)C. The van der Waals surface area contributed by atoms with E-state index in [4.69, 9.17) is 0 Å². The fourth-order valence-corrected chi connectivity index (χ4v) is 2.34. The van der Waals surface area contributed by atoms with Gasteiger partial charge in [0, 0.05) is 19.0 Å². The van der Waals surface area contributed by atoms with E-state index in [0.29, 0.717) is 23.8 Å². The van der Waals surface area contributed by atoms with Crippen LogP contribution in [0.1, 0.15) is 53.4 Å². The Labute approximate surface area is 106 Å². The molecular formula is C14H28N2O. The zero-order chi connectivity index (χ0) is 12.9. The molecule has 3 heteroatoms. The van der Waals surface area contributed by atoms with Crippen molar-refractivity contribution in [2.45, 2.75) is 59.4 Å². The largest absolute Gasteiger partial charge is 0.355 e. The molecule has 1 unspecified atom stereocenters. The highest BCUT2D eigenvalue weighted by atomic mass is 16.1. The molecular weight excluding hydrogens is 212 g/mol. The van der Waals surface area contributed by atoms with Crippen LogP contribution in [-0.4, -0.2) is 25.0 Å². The number of carbonyl (C=O) groups is 1.